The van der Waals surface area contributed by atoms with E-state index in [9.17, 15) is 18.0 Å². The van der Waals surface area contributed by atoms with Gasteiger partial charge in [-0.15, -0.1) is 11.8 Å². The van der Waals surface area contributed by atoms with Crippen LogP contribution in [0.25, 0.3) is 5.69 Å². The average Bonchev–Trinajstić information content (AvgIpc) is 2.89. The zero-order valence-electron chi connectivity index (χ0n) is 10.8. The first-order valence-electron chi connectivity index (χ1n) is 5.91. The lowest BCUT2D eigenvalue weighted by Gasteiger charge is -2.20. The number of thioether (sulfide) groups is 1. The van der Waals surface area contributed by atoms with Crippen LogP contribution in [0.1, 0.15) is 21.7 Å². The van der Waals surface area contributed by atoms with Crippen molar-refractivity contribution in [2.24, 2.45) is 0 Å². The summed E-state index contributed by atoms with van der Waals surface area (Å²) in [6, 6.07) is 3.52. The molecule has 0 radical (unpaired) electrons. The van der Waals surface area contributed by atoms with Crippen LogP contribution in [0.5, 0.6) is 0 Å². The Balaban J connectivity index is 2.09. The first-order valence-corrected chi connectivity index (χ1v) is 6.89. The standard InChI is InChI=1S/C13H9F3N2O2S/c1-20-12(19)11-9-5-21-10-4-7(13(14,15)16)2-3-8(10)18(9)6-17-11/h2-4,6H,5H2,1H3. The number of ether oxygens (including phenoxy) is 1. The molecule has 0 fully saturated rings. The van der Waals surface area contributed by atoms with Crippen LogP contribution in [-0.4, -0.2) is 22.6 Å². The van der Waals surface area contributed by atoms with Gasteiger partial charge in [0.25, 0.3) is 0 Å². The Morgan fingerprint density at radius 1 is 1.43 bits per heavy atom. The van der Waals surface area contributed by atoms with Crippen molar-refractivity contribution in [1.29, 1.82) is 0 Å². The van der Waals surface area contributed by atoms with E-state index >= 15 is 0 Å². The van der Waals surface area contributed by atoms with Crippen molar-refractivity contribution >= 4 is 17.7 Å². The van der Waals surface area contributed by atoms with Crippen LogP contribution in [-0.2, 0) is 16.7 Å². The molecule has 0 saturated heterocycles. The molecular formula is C13H9F3N2O2S. The third kappa shape index (κ3) is 2.29. The Bertz CT molecular complexity index is 725. The largest absolute Gasteiger partial charge is 0.464 e. The highest BCUT2D eigenvalue weighted by molar-refractivity contribution is 7.98. The fourth-order valence-electron chi connectivity index (χ4n) is 2.14. The number of carbonyl (C=O) groups excluding carboxylic acids is 1. The van der Waals surface area contributed by atoms with Gasteiger partial charge in [0.2, 0.25) is 0 Å². The van der Waals surface area contributed by atoms with Gasteiger partial charge in [0.05, 0.1) is 24.1 Å². The topological polar surface area (TPSA) is 44.1 Å². The normalized spacial score (nSPS) is 13.5. The zero-order valence-corrected chi connectivity index (χ0v) is 11.6. The molecular weight excluding hydrogens is 305 g/mol. The lowest BCUT2D eigenvalue weighted by atomic mass is 10.2. The average molecular weight is 314 g/mol. The van der Waals surface area contributed by atoms with E-state index in [1.807, 2.05) is 0 Å². The maximum Gasteiger partial charge on any atom is 0.416 e. The molecule has 1 aromatic carbocycles. The quantitative estimate of drug-likeness (QED) is 0.758. The lowest BCUT2D eigenvalue weighted by Crippen LogP contribution is -2.12. The molecule has 0 N–H and O–H groups in total. The number of aromatic nitrogens is 2. The molecule has 0 aliphatic carbocycles. The van der Waals surface area contributed by atoms with Gasteiger partial charge in [-0.3, -0.25) is 0 Å². The first kappa shape index (κ1) is 14.0. The summed E-state index contributed by atoms with van der Waals surface area (Å²) in [5, 5.41) is 0. The number of hydrogen-bond acceptors (Lipinski definition) is 4. The van der Waals surface area contributed by atoms with Crippen molar-refractivity contribution in [2.75, 3.05) is 7.11 Å². The number of hydrogen-bond donors (Lipinski definition) is 0. The third-order valence-electron chi connectivity index (χ3n) is 3.16. The van der Waals surface area contributed by atoms with Gasteiger partial charge in [0.15, 0.2) is 5.69 Å². The van der Waals surface area contributed by atoms with Gasteiger partial charge in [-0.25, -0.2) is 9.78 Å². The maximum absolute atomic E-state index is 12.7. The van der Waals surface area contributed by atoms with E-state index in [0.29, 0.717) is 22.0 Å². The molecule has 0 atom stereocenters. The van der Waals surface area contributed by atoms with Crippen LogP contribution in [0.15, 0.2) is 29.4 Å². The minimum atomic E-state index is -4.37. The van der Waals surface area contributed by atoms with Crippen molar-refractivity contribution in [3.05, 3.63) is 41.5 Å². The van der Waals surface area contributed by atoms with E-state index in [4.69, 9.17) is 0 Å². The van der Waals surface area contributed by atoms with Gasteiger partial charge in [0, 0.05) is 10.6 Å². The van der Waals surface area contributed by atoms with Crippen molar-refractivity contribution < 1.29 is 22.7 Å². The summed E-state index contributed by atoms with van der Waals surface area (Å²) in [4.78, 5) is 16.1. The smallest absolute Gasteiger partial charge is 0.416 e. The number of rotatable bonds is 1. The van der Waals surface area contributed by atoms with E-state index in [1.165, 1.54) is 31.3 Å². The molecule has 1 aliphatic heterocycles. The number of halogens is 3. The van der Waals surface area contributed by atoms with Crippen LogP contribution in [0.4, 0.5) is 13.2 Å². The van der Waals surface area contributed by atoms with Crippen LogP contribution in [0, 0.1) is 0 Å². The van der Waals surface area contributed by atoms with Crippen molar-refractivity contribution in [1.82, 2.24) is 9.55 Å². The number of benzene rings is 1. The van der Waals surface area contributed by atoms with Crippen LogP contribution >= 0.6 is 11.8 Å². The number of fused-ring (bicyclic) bond motifs is 3. The molecule has 0 spiro atoms. The van der Waals surface area contributed by atoms with E-state index in [2.05, 4.69) is 9.72 Å². The molecule has 1 aliphatic rings. The molecule has 0 saturated carbocycles. The van der Waals surface area contributed by atoms with Gasteiger partial charge in [-0.1, -0.05) is 0 Å². The zero-order chi connectivity index (χ0) is 15.2. The van der Waals surface area contributed by atoms with Crippen molar-refractivity contribution in [2.45, 2.75) is 16.8 Å². The molecule has 21 heavy (non-hydrogen) atoms. The molecule has 0 bridgehead atoms. The van der Waals surface area contributed by atoms with E-state index < -0.39 is 17.7 Å². The van der Waals surface area contributed by atoms with Gasteiger partial charge in [-0.2, -0.15) is 13.2 Å². The van der Waals surface area contributed by atoms with Crippen LogP contribution in [0.2, 0.25) is 0 Å². The highest BCUT2D eigenvalue weighted by atomic mass is 32.2. The number of carbonyl (C=O) groups is 1. The van der Waals surface area contributed by atoms with E-state index in [1.54, 1.807) is 4.57 Å². The second-order valence-electron chi connectivity index (χ2n) is 4.37. The molecule has 2 heterocycles. The Kier molecular flexibility index (Phi) is 3.20. The molecule has 110 valence electrons. The van der Waals surface area contributed by atoms with Crippen molar-refractivity contribution in [3.63, 3.8) is 0 Å². The second kappa shape index (κ2) is 4.80. The summed E-state index contributed by atoms with van der Waals surface area (Å²) in [5.41, 5.74) is 0.706. The summed E-state index contributed by atoms with van der Waals surface area (Å²) in [5.74, 6) is -0.196. The fourth-order valence-corrected chi connectivity index (χ4v) is 3.23. The number of esters is 1. The van der Waals surface area contributed by atoms with Gasteiger partial charge in [-0.05, 0) is 18.2 Å². The summed E-state index contributed by atoms with van der Waals surface area (Å²) in [6.07, 6.45) is -2.95. The molecule has 0 unspecified atom stereocenters. The SMILES string of the molecule is COC(=O)c1ncn2c1CSc1cc(C(F)(F)F)ccc1-2. The molecule has 8 heteroatoms. The minimum absolute atomic E-state index is 0.190. The van der Waals surface area contributed by atoms with E-state index in [-0.39, 0.29) is 5.69 Å². The van der Waals surface area contributed by atoms with Gasteiger partial charge in [0.1, 0.15) is 6.33 Å². The molecule has 0 amide bonds. The highest BCUT2D eigenvalue weighted by Crippen LogP contribution is 2.40. The number of nitrogens with zero attached hydrogens (tertiary/aromatic N) is 2. The number of methoxy groups -OCH3 is 1. The highest BCUT2D eigenvalue weighted by Gasteiger charge is 2.32. The van der Waals surface area contributed by atoms with Crippen LogP contribution in [0.3, 0.4) is 0 Å². The van der Waals surface area contributed by atoms with Crippen molar-refractivity contribution in [3.8, 4) is 5.69 Å². The Morgan fingerprint density at radius 2 is 2.19 bits per heavy atom. The summed E-state index contributed by atoms with van der Waals surface area (Å²) < 4.78 is 44.4. The number of alkyl halides is 3. The minimum Gasteiger partial charge on any atom is -0.464 e. The Hall–Kier alpha value is -1.96. The molecule has 4 nitrogen and oxygen atoms in total. The molecule has 3 rings (SSSR count). The summed E-state index contributed by atoms with van der Waals surface area (Å²) >= 11 is 1.24. The molecule has 2 aromatic rings. The summed E-state index contributed by atoms with van der Waals surface area (Å²) in [7, 11) is 1.26. The maximum atomic E-state index is 12.7. The lowest BCUT2D eigenvalue weighted by molar-refractivity contribution is -0.137. The van der Waals surface area contributed by atoms with Gasteiger partial charge >= 0.3 is 12.1 Å². The van der Waals surface area contributed by atoms with Crippen LogP contribution < -0.4 is 0 Å². The van der Waals surface area contributed by atoms with Gasteiger partial charge < -0.3 is 9.30 Å². The first-order chi connectivity index (χ1) is 9.91. The number of imidazole rings is 1. The second-order valence-corrected chi connectivity index (χ2v) is 5.39. The molecule has 1 aromatic heterocycles. The predicted molar refractivity (Wildman–Crippen MR) is 69.5 cm³/mol. The Labute approximate surface area is 121 Å². The Morgan fingerprint density at radius 3 is 2.86 bits per heavy atom. The predicted octanol–water partition coefficient (Wildman–Crippen LogP) is 3.28. The fraction of sp³-hybridized carbons (Fsp3) is 0.231. The monoisotopic (exact) mass is 314 g/mol. The third-order valence-corrected chi connectivity index (χ3v) is 4.21. The van der Waals surface area contributed by atoms with E-state index in [0.717, 1.165) is 12.1 Å². The summed E-state index contributed by atoms with van der Waals surface area (Å²) in [6.45, 7) is 0.